The van der Waals surface area contributed by atoms with Crippen LogP contribution in [-0.2, 0) is 22.5 Å². The lowest BCUT2D eigenvalue weighted by Gasteiger charge is -2.30. The molecule has 3 atom stereocenters. The molecule has 0 spiro atoms. The third-order valence-corrected chi connectivity index (χ3v) is 9.41. The molecule has 0 aliphatic carbocycles. The summed E-state index contributed by atoms with van der Waals surface area (Å²) >= 11 is 0. The van der Waals surface area contributed by atoms with Gasteiger partial charge in [-0.05, 0) is 49.9 Å². The quantitative estimate of drug-likeness (QED) is 0.252. The van der Waals surface area contributed by atoms with Crippen molar-refractivity contribution in [2.24, 2.45) is 0 Å². The summed E-state index contributed by atoms with van der Waals surface area (Å²) in [6.45, 7) is 7.55. The molecule has 1 saturated heterocycles. The van der Waals surface area contributed by atoms with Gasteiger partial charge in [-0.15, -0.1) is 0 Å². The number of benzene rings is 3. The van der Waals surface area contributed by atoms with E-state index in [-0.39, 0.29) is 37.1 Å². The van der Waals surface area contributed by atoms with Crippen LogP contribution in [0.5, 0.6) is 23.0 Å². The molecule has 1 fully saturated rings. The molecule has 2 N–H and O–H groups in total. The normalized spacial score (nSPS) is 19.2. The number of hydrogen-bond donors (Lipinski definition) is 2. The first kappa shape index (κ1) is 38.0. The van der Waals surface area contributed by atoms with Gasteiger partial charge in [0.2, 0.25) is 5.91 Å². The maximum Gasteiger partial charge on any atom is 0.408 e. The van der Waals surface area contributed by atoms with Crippen molar-refractivity contribution in [3.63, 3.8) is 0 Å². The molecular weight excluding hydrogens is 664 g/mol. The van der Waals surface area contributed by atoms with Crippen LogP contribution >= 0.6 is 0 Å². The summed E-state index contributed by atoms with van der Waals surface area (Å²) in [5, 5.41) is 6.36. The molecule has 0 aromatic heterocycles. The minimum atomic E-state index is -0.860. The third kappa shape index (κ3) is 9.97. The highest BCUT2D eigenvalue weighted by molar-refractivity contribution is 5.94. The highest BCUT2D eigenvalue weighted by Crippen LogP contribution is 2.35. The van der Waals surface area contributed by atoms with Crippen molar-refractivity contribution in [3.05, 3.63) is 95.6 Å². The fourth-order valence-electron chi connectivity index (χ4n) is 6.54. The minimum Gasteiger partial charge on any atom is -0.496 e. The van der Waals surface area contributed by atoms with E-state index in [1.807, 2.05) is 12.1 Å². The first-order valence-corrected chi connectivity index (χ1v) is 17.7. The minimum absolute atomic E-state index is 0.0152. The van der Waals surface area contributed by atoms with Gasteiger partial charge in [0.1, 0.15) is 42.3 Å². The summed E-state index contributed by atoms with van der Waals surface area (Å²) in [6, 6.07) is 17.9. The summed E-state index contributed by atoms with van der Waals surface area (Å²) in [5.74, 6) is 2.04. The Morgan fingerprint density at radius 3 is 2.52 bits per heavy atom. The molecular formula is C40H50N4O8. The Hall–Kier alpha value is -5.23. The van der Waals surface area contributed by atoms with Crippen LogP contribution in [-0.4, -0.2) is 100 Å². The van der Waals surface area contributed by atoms with Gasteiger partial charge in [0.05, 0.1) is 32.4 Å². The van der Waals surface area contributed by atoms with Gasteiger partial charge in [-0.1, -0.05) is 48.6 Å². The predicted octanol–water partition coefficient (Wildman–Crippen LogP) is 4.92. The molecule has 0 radical (unpaired) electrons. The van der Waals surface area contributed by atoms with Gasteiger partial charge in [-0.25, -0.2) is 4.79 Å². The molecule has 278 valence electrons. The lowest BCUT2D eigenvalue weighted by molar-refractivity contribution is -0.135. The van der Waals surface area contributed by atoms with Crippen LogP contribution < -0.4 is 29.6 Å². The second kappa shape index (κ2) is 18.3. The van der Waals surface area contributed by atoms with Crippen LogP contribution in [0.25, 0.3) is 0 Å². The van der Waals surface area contributed by atoms with Crippen molar-refractivity contribution in [2.45, 2.75) is 57.3 Å². The number of methoxy groups -OCH3 is 2. The maximum atomic E-state index is 14.2. The van der Waals surface area contributed by atoms with E-state index in [0.29, 0.717) is 74.1 Å². The highest BCUT2D eigenvalue weighted by atomic mass is 16.5. The number of nitrogens with zero attached hydrogens (tertiary/aromatic N) is 2. The van der Waals surface area contributed by atoms with E-state index >= 15 is 0 Å². The van der Waals surface area contributed by atoms with Crippen LogP contribution in [0.1, 0.15) is 46.3 Å². The molecule has 2 aliphatic rings. The van der Waals surface area contributed by atoms with E-state index < -0.39 is 12.1 Å². The molecule has 12 nitrogen and oxygen atoms in total. The molecule has 3 amide bonds. The van der Waals surface area contributed by atoms with Crippen molar-refractivity contribution >= 4 is 17.9 Å². The van der Waals surface area contributed by atoms with E-state index in [1.165, 1.54) is 17.2 Å². The van der Waals surface area contributed by atoms with E-state index in [1.54, 1.807) is 55.3 Å². The first-order chi connectivity index (χ1) is 25.2. The van der Waals surface area contributed by atoms with Crippen LogP contribution in [0.15, 0.2) is 73.3 Å². The van der Waals surface area contributed by atoms with Gasteiger partial charge in [-0.3, -0.25) is 9.59 Å². The number of carbonyl (C=O) groups is 3. The van der Waals surface area contributed by atoms with Crippen LogP contribution in [0, 0.1) is 6.92 Å². The molecule has 12 heteroatoms. The maximum absolute atomic E-state index is 14.2. The number of hydrogen-bond acceptors (Lipinski definition) is 9. The van der Waals surface area contributed by atoms with Crippen molar-refractivity contribution < 1.29 is 38.1 Å². The van der Waals surface area contributed by atoms with Gasteiger partial charge >= 0.3 is 6.09 Å². The van der Waals surface area contributed by atoms with Crippen molar-refractivity contribution in [1.29, 1.82) is 0 Å². The van der Waals surface area contributed by atoms with Crippen LogP contribution in [0.2, 0.25) is 0 Å². The molecule has 2 bridgehead atoms. The predicted molar refractivity (Wildman–Crippen MR) is 197 cm³/mol. The number of amides is 3. The molecule has 3 aromatic rings. The lowest BCUT2D eigenvalue weighted by atomic mass is 10.1. The second-order valence-electron chi connectivity index (χ2n) is 13.1. The number of aryl methyl sites for hydroxylation is 1. The lowest BCUT2D eigenvalue weighted by Crippen LogP contribution is -2.52. The Kier molecular flexibility index (Phi) is 13.4. The van der Waals surface area contributed by atoms with Crippen LogP contribution in [0.3, 0.4) is 0 Å². The Bertz CT molecular complexity index is 1670. The molecule has 52 heavy (non-hydrogen) atoms. The molecule has 3 aromatic carbocycles. The number of ether oxygens (including phenoxy) is 5. The van der Waals surface area contributed by atoms with Gasteiger partial charge < -0.3 is 44.1 Å². The Labute approximate surface area is 306 Å². The number of alkyl carbamates (subject to hydrolysis) is 1. The van der Waals surface area contributed by atoms with Gasteiger partial charge in [-0.2, -0.15) is 0 Å². The average molecular weight is 715 g/mol. The SMILES string of the molecule is C=CCOC(=O)N[C@H]1CCCN(C)C(=O)c2cccc(c2)OC[C@@H]2C[C@H](NCc3c(OC)cc(OCCc4ccc(C)cc4)cc3OC)CN2C1=O. The van der Waals surface area contributed by atoms with Crippen molar-refractivity contribution in [2.75, 3.05) is 54.2 Å². The molecule has 2 heterocycles. The van der Waals surface area contributed by atoms with Crippen molar-refractivity contribution in [3.8, 4) is 23.0 Å². The summed E-state index contributed by atoms with van der Waals surface area (Å²) in [4.78, 5) is 43.3. The zero-order valence-corrected chi connectivity index (χ0v) is 30.5. The standard InChI is InChI=1S/C40H50N4O8/c1-6-18-51-40(47)42-35-11-8-17-43(3)38(45)29-9-7-10-32(20-29)52-26-31-21-30(25-44(31)39(35)46)41-24-34-36(48-4)22-33(23-37(34)49-5)50-19-16-28-14-12-27(2)13-15-28/h6-7,9-10,12-15,20,22-23,30-31,35,41H,1,8,11,16-19,21,24-26H2,2-5H3,(H,42,47)/t30-,31-,35-/m0/s1. The average Bonchev–Trinajstić information content (AvgIpc) is 3.57. The van der Waals surface area contributed by atoms with E-state index in [2.05, 4.69) is 48.4 Å². The monoisotopic (exact) mass is 714 g/mol. The molecule has 0 unspecified atom stereocenters. The third-order valence-electron chi connectivity index (χ3n) is 9.41. The topological polar surface area (TPSA) is 128 Å². The second-order valence-corrected chi connectivity index (χ2v) is 13.1. The van der Waals surface area contributed by atoms with E-state index in [9.17, 15) is 14.4 Å². The fraction of sp³-hybridized carbons (Fsp3) is 0.425. The Morgan fingerprint density at radius 1 is 1.06 bits per heavy atom. The molecule has 5 rings (SSSR count). The summed E-state index contributed by atoms with van der Waals surface area (Å²) in [5.41, 5.74) is 3.75. The number of fused-ring (bicyclic) bond motifs is 3. The fourth-order valence-corrected chi connectivity index (χ4v) is 6.54. The van der Waals surface area contributed by atoms with E-state index in [4.69, 9.17) is 23.7 Å². The first-order valence-electron chi connectivity index (χ1n) is 17.7. The van der Waals surface area contributed by atoms with E-state index in [0.717, 1.165) is 12.0 Å². The number of nitrogens with one attached hydrogen (secondary N) is 2. The number of carbonyl (C=O) groups excluding carboxylic acids is 3. The Balaban J connectivity index is 1.31. The van der Waals surface area contributed by atoms with Gasteiger partial charge in [0.15, 0.2) is 0 Å². The van der Waals surface area contributed by atoms with Crippen LogP contribution in [0.4, 0.5) is 4.79 Å². The molecule has 0 saturated carbocycles. The Morgan fingerprint density at radius 2 is 1.81 bits per heavy atom. The smallest absolute Gasteiger partial charge is 0.408 e. The summed E-state index contributed by atoms with van der Waals surface area (Å²) in [7, 11) is 4.94. The van der Waals surface area contributed by atoms with Gasteiger partial charge in [0.25, 0.3) is 5.91 Å². The summed E-state index contributed by atoms with van der Waals surface area (Å²) < 4.78 is 29.0. The highest BCUT2D eigenvalue weighted by Gasteiger charge is 2.39. The zero-order valence-electron chi connectivity index (χ0n) is 30.5. The van der Waals surface area contributed by atoms with Gasteiger partial charge in [0, 0.05) is 56.8 Å². The molecule has 2 aliphatic heterocycles. The number of rotatable bonds is 12. The largest absolute Gasteiger partial charge is 0.496 e. The summed E-state index contributed by atoms with van der Waals surface area (Å²) in [6.07, 6.45) is 2.92. The van der Waals surface area contributed by atoms with Crippen molar-refractivity contribution in [1.82, 2.24) is 20.4 Å². The zero-order chi connectivity index (χ0) is 37.0.